The van der Waals surface area contributed by atoms with Gasteiger partial charge in [-0.2, -0.15) is 0 Å². The predicted octanol–water partition coefficient (Wildman–Crippen LogP) is 1.40. The van der Waals surface area contributed by atoms with E-state index in [1.54, 1.807) is 25.3 Å². The van der Waals surface area contributed by atoms with Crippen molar-refractivity contribution >= 4 is 28.9 Å². The molecule has 7 nitrogen and oxygen atoms in total. The summed E-state index contributed by atoms with van der Waals surface area (Å²) in [6.45, 7) is 3.45. The average Bonchev–Trinajstić information content (AvgIpc) is 2.98. The molecule has 104 valence electrons. The third kappa shape index (κ3) is 3.09. The van der Waals surface area contributed by atoms with E-state index in [4.69, 9.17) is 10.2 Å². The molecule has 0 radical (unpaired) electrons. The monoisotopic (exact) mass is 293 g/mol. The van der Waals surface area contributed by atoms with Crippen LogP contribution in [0.5, 0.6) is 0 Å². The molecule has 2 N–H and O–H groups in total. The number of nitrogens with two attached hydrogens (primary N) is 1. The van der Waals surface area contributed by atoms with E-state index in [0.29, 0.717) is 16.5 Å². The van der Waals surface area contributed by atoms with Crippen molar-refractivity contribution in [2.75, 3.05) is 0 Å². The summed E-state index contributed by atoms with van der Waals surface area (Å²) in [5.74, 6) is -1.09. The molecule has 0 aliphatic heterocycles. The third-order valence-corrected chi connectivity index (χ3v) is 3.18. The maximum absolute atomic E-state index is 11.6. The van der Waals surface area contributed by atoms with E-state index in [2.05, 4.69) is 15.0 Å². The zero-order valence-corrected chi connectivity index (χ0v) is 11.6. The van der Waals surface area contributed by atoms with Crippen molar-refractivity contribution in [3.63, 3.8) is 0 Å². The lowest BCUT2D eigenvalue weighted by atomic mass is 10.4. The summed E-state index contributed by atoms with van der Waals surface area (Å²) >= 11 is 1.18. The van der Waals surface area contributed by atoms with Gasteiger partial charge in [-0.25, -0.2) is 9.78 Å². The second-order valence-electron chi connectivity index (χ2n) is 3.89. The standard InChI is InChI=1S/C12H11N3O4S/c1-6-5-20-11(14-6)9(10(13)16)15-19-12(17)8-4-3-7(2)18-8/h3-5H,1-2H3,(H2,13,16)/b15-9-. The first-order chi connectivity index (χ1) is 9.47. The van der Waals surface area contributed by atoms with Crippen molar-refractivity contribution < 1.29 is 18.8 Å². The molecule has 0 aromatic carbocycles. The number of carbonyl (C=O) groups excluding carboxylic acids is 2. The Morgan fingerprint density at radius 1 is 1.40 bits per heavy atom. The summed E-state index contributed by atoms with van der Waals surface area (Å²) in [6, 6.07) is 3.06. The van der Waals surface area contributed by atoms with Gasteiger partial charge in [0.2, 0.25) is 11.5 Å². The maximum atomic E-state index is 11.6. The molecule has 0 spiro atoms. The number of primary amides is 1. The number of nitrogens with zero attached hydrogens (tertiary/aromatic N) is 2. The molecule has 2 heterocycles. The molecular formula is C12H11N3O4S. The lowest BCUT2D eigenvalue weighted by Gasteiger charge is -1.98. The Kier molecular flexibility index (Phi) is 3.94. The highest BCUT2D eigenvalue weighted by Gasteiger charge is 2.18. The Hall–Kier alpha value is -2.48. The number of aromatic nitrogens is 1. The van der Waals surface area contributed by atoms with Gasteiger partial charge < -0.3 is 15.0 Å². The van der Waals surface area contributed by atoms with Gasteiger partial charge in [-0.05, 0) is 26.0 Å². The molecule has 0 aliphatic carbocycles. The lowest BCUT2D eigenvalue weighted by molar-refractivity contribution is -0.112. The second kappa shape index (κ2) is 5.66. The SMILES string of the molecule is Cc1csc(/C(=N\OC(=O)c2ccc(C)o2)C(N)=O)n1. The largest absolute Gasteiger partial charge is 0.454 e. The Labute approximate surface area is 118 Å². The van der Waals surface area contributed by atoms with Gasteiger partial charge in [0, 0.05) is 11.1 Å². The normalized spacial score (nSPS) is 11.4. The Morgan fingerprint density at radius 2 is 2.15 bits per heavy atom. The highest BCUT2D eigenvalue weighted by molar-refractivity contribution is 7.12. The van der Waals surface area contributed by atoms with E-state index in [1.165, 1.54) is 17.4 Å². The van der Waals surface area contributed by atoms with Crippen LogP contribution >= 0.6 is 11.3 Å². The first-order valence-corrected chi connectivity index (χ1v) is 6.43. The first-order valence-electron chi connectivity index (χ1n) is 5.55. The molecule has 0 unspecified atom stereocenters. The molecule has 1 amide bonds. The van der Waals surface area contributed by atoms with E-state index in [-0.39, 0.29) is 11.5 Å². The highest BCUT2D eigenvalue weighted by atomic mass is 32.1. The van der Waals surface area contributed by atoms with Crippen molar-refractivity contribution in [3.8, 4) is 0 Å². The number of amides is 1. The molecule has 0 bridgehead atoms. The number of rotatable bonds is 4. The van der Waals surface area contributed by atoms with Gasteiger partial charge in [0.1, 0.15) is 5.76 Å². The molecule has 0 aliphatic rings. The number of aryl methyl sites for hydroxylation is 2. The van der Waals surface area contributed by atoms with Crippen LogP contribution in [0.15, 0.2) is 27.1 Å². The molecule has 8 heteroatoms. The number of hydrogen-bond donors (Lipinski definition) is 1. The molecule has 2 rings (SSSR count). The summed E-state index contributed by atoms with van der Waals surface area (Å²) in [5, 5.41) is 5.49. The van der Waals surface area contributed by atoms with E-state index < -0.39 is 11.9 Å². The Morgan fingerprint density at radius 3 is 2.65 bits per heavy atom. The molecule has 2 aromatic heterocycles. The van der Waals surface area contributed by atoms with E-state index in [1.807, 2.05) is 0 Å². The van der Waals surface area contributed by atoms with Gasteiger partial charge in [-0.15, -0.1) is 11.3 Å². The number of oxime groups is 1. The average molecular weight is 293 g/mol. The molecule has 2 aromatic rings. The fourth-order valence-electron chi connectivity index (χ4n) is 1.33. The van der Waals surface area contributed by atoms with Crippen molar-refractivity contribution in [1.82, 2.24) is 4.98 Å². The minimum Gasteiger partial charge on any atom is -0.454 e. The maximum Gasteiger partial charge on any atom is 0.400 e. The molecule has 20 heavy (non-hydrogen) atoms. The summed E-state index contributed by atoms with van der Waals surface area (Å²) in [5.41, 5.74) is 5.70. The van der Waals surface area contributed by atoms with Crippen LogP contribution in [0, 0.1) is 13.8 Å². The molecule has 0 saturated heterocycles. The first kappa shape index (κ1) is 13.9. The fourth-order valence-corrected chi connectivity index (χ4v) is 2.11. The second-order valence-corrected chi connectivity index (χ2v) is 4.75. The molecular weight excluding hydrogens is 282 g/mol. The van der Waals surface area contributed by atoms with Crippen LogP contribution < -0.4 is 5.73 Å². The fraction of sp³-hybridized carbons (Fsp3) is 0.167. The highest BCUT2D eigenvalue weighted by Crippen LogP contribution is 2.12. The van der Waals surface area contributed by atoms with Crippen LogP contribution in [0.1, 0.15) is 27.0 Å². The minimum absolute atomic E-state index is 0.00890. The molecule has 0 atom stereocenters. The smallest absolute Gasteiger partial charge is 0.400 e. The van der Waals surface area contributed by atoms with Crippen molar-refractivity contribution in [1.29, 1.82) is 0 Å². The number of thiazole rings is 1. The number of furan rings is 1. The topological polar surface area (TPSA) is 108 Å². The van der Waals surface area contributed by atoms with Crippen molar-refractivity contribution in [3.05, 3.63) is 39.7 Å². The molecule has 0 fully saturated rings. The Balaban J connectivity index is 2.18. The van der Waals surface area contributed by atoms with Crippen LogP contribution in [0.25, 0.3) is 0 Å². The zero-order valence-electron chi connectivity index (χ0n) is 10.7. The van der Waals surface area contributed by atoms with Crippen LogP contribution in [-0.4, -0.2) is 22.6 Å². The molecule has 0 saturated carbocycles. The van der Waals surface area contributed by atoms with Gasteiger partial charge in [0.05, 0.1) is 0 Å². The van der Waals surface area contributed by atoms with Gasteiger partial charge in [-0.1, -0.05) is 5.16 Å². The van der Waals surface area contributed by atoms with Gasteiger partial charge in [0.15, 0.2) is 5.01 Å². The van der Waals surface area contributed by atoms with Crippen molar-refractivity contribution in [2.24, 2.45) is 10.9 Å². The van der Waals surface area contributed by atoms with Gasteiger partial charge in [-0.3, -0.25) is 4.79 Å². The van der Waals surface area contributed by atoms with Crippen LogP contribution in [0.3, 0.4) is 0 Å². The van der Waals surface area contributed by atoms with E-state index in [0.717, 1.165) is 0 Å². The van der Waals surface area contributed by atoms with Crippen LogP contribution in [0.4, 0.5) is 0 Å². The van der Waals surface area contributed by atoms with Crippen molar-refractivity contribution in [2.45, 2.75) is 13.8 Å². The quantitative estimate of drug-likeness (QED) is 0.520. The van der Waals surface area contributed by atoms with Crippen LogP contribution in [0.2, 0.25) is 0 Å². The minimum atomic E-state index is -0.831. The summed E-state index contributed by atoms with van der Waals surface area (Å²) < 4.78 is 5.07. The van der Waals surface area contributed by atoms with Crippen LogP contribution in [-0.2, 0) is 9.63 Å². The zero-order chi connectivity index (χ0) is 14.7. The summed E-state index contributed by atoms with van der Waals surface area (Å²) in [7, 11) is 0. The van der Waals surface area contributed by atoms with E-state index >= 15 is 0 Å². The third-order valence-electron chi connectivity index (χ3n) is 2.22. The van der Waals surface area contributed by atoms with Gasteiger partial charge in [0.25, 0.3) is 5.91 Å². The number of carbonyl (C=O) groups is 2. The van der Waals surface area contributed by atoms with Gasteiger partial charge >= 0.3 is 5.97 Å². The lowest BCUT2D eigenvalue weighted by Crippen LogP contribution is -2.25. The van der Waals surface area contributed by atoms with E-state index in [9.17, 15) is 9.59 Å². The summed E-state index contributed by atoms with van der Waals surface area (Å²) in [4.78, 5) is 31.6. The summed E-state index contributed by atoms with van der Waals surface area (Å²) in [6.07, 6.45) is 0. The predicted molar refractivity (Wildman–Crippen MR) is 71.4 cm³/mol. The Bertz CT molecular complexity index is 686. The number of hydrogen-bond acceptors (Lipinski definition) is 7.